The lowest BCUT2D eigenvalue weighted by Crippen LogP contribution is -2.49. The molecular weight excluding hydrogens is 470 g/mol. The molecule has 0 spiro atoms. The molecule has 0 bridgehead atoms. The van der Waals surface area contributed by atoms with E-state index in [2.05, 4.69) is 31.0 Å². The van der Waals surface area contributed by atoms with Gasteiger partial charge in [-0.05, 0) is 54.1 Å². The van der Waals surface area contributed by atoms with Crippen LogP contribution in [0.2, 0.25) is 0 Å². The number of rotatable bonds is 12. The Bertz CT molecular complexity index is 1110. The fourth-order valence-corrected chi connectivity index (χ4v) is 5.84. The molecule has 2 amide bonds. The average Bonchev–Trinajstić information content (AvgIpc) is 3.58. The molecule has 1 aromatic carbocycles. The van der Waals surface area contributed by atoms with Crippen LogP contribution in [0.15, 0.2) is 64.6 Å². The van der Waals surface area contributed by atoms with Crippen LogP contribution < -0.4 is 5.32 Å². The summed E-state index contributed by atoms with van der Waals surface area (Å²) in [5.74, 6) is 0.741. The summed E-state index contributed by atoms with van der Waals surface area (Å²) in [6.45, 7) is 9.96. The summed E-state index contributed by atoms with van der Waals surface area (Å²) in [6, 6.07) is 15.2. The lowest BCUT2D eigenvalue weighted by molar-refractivity contribution is -0.124. The van der Waals surface area contributed by atoms with Gasteiger partial charge in [-0.1, -0.05) is 51.5 Å². The fraction of sp³-hybridized carbons (Fsp3) is 0.448. The summed E-state index contributed by atoms with van der Waals surface area (Å²) in [5, 5.41) is 5.23. The van der Waals surface area contributed by atoms with E-state index in [4.69, 9.17) is 4.42 Å². The van der Waals surface area contributed by atoms with Gasteiger partial charge < -0.3 is 14.6 Å². The van der Waals surface area contributed by atoms with E-state index in [1.807, 2.05) is 58.8 Å². The number of benzene rings is 1. The van der Waals surface area contributed by atoms with Gasteiger partial charge in [0.15, 0.2) is 0 Å². The van der Waals surface area contributed by atoms with Crippen LogP contribution in [0.5, 0.6) is 0 Å². The van der Waals surface area contributed by atoms with Gasteiger partial charge in [0, 0.05) is 30.1 Å². The standard InChI is InChI=1S/C29H37N3O3S/c1-4-5-15-31(20-22-10-8-17-35-22)16-14-30-28(33)26-23-11-6-7-12-24(23)29(34)32(19-21(2)3)27(26)25-13-9-18-36-25/h6-13,17-18,21,26-27H,4-5,14-16,19-20H2,1-3H3,(H,30,33)/t26-,27+/m1/s1. The molecule has 0 saturated carbocycles. The number of amides is 2. The van der Waals surface area contributed by atoms with Crippen LogP contribution in [0.3, 0.4) is 0 Å². The Hall–Kier alpha value is -2.90. The van der Waals surface area contributed by atoms with Gasteiger partial charge in [-0.25, -0.2) is 0 Å². The van der Waals surface area contributed by atoms with Crippen LogP contribution in [-0.4, -0.2) is 47.8 Å². The first-order valence-electron chi connectivity index (χ1n) is 12.9. The van der Waals surface area contributed by atoms with E-state index in [0.29, 0.717) is 24.6 Å². The van der Waals surface area contributed by atoms with Crippen molar-refractivity contribution in [3.05, 3.63) is 81.9 Å². The maximum Gasteiger partial charge on any atom is 0.254 e. The minimum Gasteiger partial charge on any atom is -0.468 e. The Morgan fingerprint density at radius 2 is 1.97 bits per heavy atom. The fourth-order valence-electron chi connectivity index (χ4n) is 4.97. The third-order valence-electron chi connectivity index (χ3n) is 6.63. The highest BCUT2D eigenvalue weighted by Gasteiger charge is 2.44. The molecule has 36 heavy (non-hydrogen) atoms. The number of thiophene rings is 1. The van der Waals surface area contributed by atoms with Crippen molar-refractivity contribution >= 4 is 23.2 Å². The van der Waals surface area contributed by atoms with Crippen molar-refractivity contribution < 1.29 is 14.0 Å². The molecule has 0 aliphatic carbocycles. The molecule has 1 N–H and O–H groups in total. The van der Waals surface area contributed by atoms with E-state index in [1.165, 1.54) is 0 Å². The van der Waals surface area contributed by atoms with E-state index < -0.39 is 5.92 Å². The summed E-state index contributed by atoms with van der Waals surface area (Å²) < 4.78 is 5.55. The van der Waals surface area contributed by atoms with E-state index >= 15 is 0 Å². The zero-order chi connectivity index (χ0) is 25.5. The quantitative estimate of drug-likeness (QED) is 0.342. The summed E-state index contributed by atoms with van der Waals surface area (Å²) in [7, 11) is 0. The van der Waals surface area contributed by atoms with Crippen LogP contribution in [0, 0.1) is 5.92 Å². The third-order valence-corrected chi connectivity index (χ3v) is 7.58. The van der Waals surface area contributed by atoms with Gasteiger partial charge in [0.25, 0.3) is 5.91 Å². The second-order valence-electron chi connectivity index (χ2n) is 9.88. The van der Waals surface area contributed by atoms with Crippen LogP contribution in [0.1, 0.15) is 72.1 Å². The summed E-state index contributed by atoms with van der Waals surface area (Å²) in [6.07, 6.45) is 3.91. The highest BCUT2D eigenvalue weighted by molar-refractivity contribution is 7.10. The van der Waals surface area contributed by atoms with Gasteiger partial charge in [0.1, 0.15) is 5.76 Å². The van der Waals surface area contributed by atoms with Gasteiger partial charge in [0.2, 0.25) is 5.91 Å². The van der Waals surface area contributed by atoms with Crippen LogP contribution in [0.25, 0.3) is 0 Å². The number of furan rings is 1. The van der Waals surface area contributed by atoms with Gasteiger partial charge in [0.05, 0.1) is 24.8 Å². The number of hydrogen-bond donors (Lipinski definition) is 1. The van der Waals surface area contributed by atoms with Crippen molar-refractivity contribution in [2.24, 2.45) is 5.92 Å². The molecule has 0 fully saturated rings. The predicted octanol–water partition coefficient (Wildman–Crippen LogP) is 5.70. The molecule has 0 radical (unpaired) electrons. The van der Waals surface area contributed by atoms with Gasteiger partial charge in [-0.2, -0.15) is 0 Å². The Morgan fingerprint density at radius 3 is 2.67 bits per heavy atom. The van der Waals surface area contributed by atoms with Crippen LogP contribution in [-0.2, 0) is 11.3 Å². The van der Waals surface area contributed by atoms with Crippen molar-refractivity contribution in [3.63, 3.8) is 0 Å². The molecule has 3 heterocycles. The van der Waals surface area contributed by atoms with E-state index in [1.54, 1.807) is 17.6 Å². The highest BCUT2D eigenvalue weighted by Crippen LogP contribution is 2.44. The topological polar surface area (TPSA) is 65.8 Å². The van der Waals surface area contributed by atoms with Crippen LogP contribution in [0.4, 0.5) is 0 Å². The molecule has 192 valence electrons. The zero-order valence-corrected chi connectivity index (χ0v) is 22.3. The molecule has 1 aliphatic heterocycles. The molecule has 2 atom stereocenters. The maximum atomic E-state index is 13.8. The SMILES string of the molecule is CCCCN(CCNC(=O)[C@@H]1c2ccccc2C(=O)N(CC(C)C)[C@H]1c1cccs1)Cc1ccco1. The smallest absolute Gasteiger partial charge is 0.254 e. The first-order chi connectivity index (χ1) is 17.5. The third kappa shape index (κ3) is 6.08. The maximum absolute atomic E-state index is 13.8. The molecular formula is C29H37N3O3S. The Kier molecular flexibility index (Phi) is 8.99. The predicted molar refractivity (Wildman–Crippen MR) is 144 cm³/mol. The molecule has 1 aliphatic rings. The normalized spacial score (nSPS) is 17.6. The number of carbonyl (C=O) groups excluding carboxylic acids is 2. The van der Waals surface area contributed by atoms with Crippen molar-refractivity contribution in [1.82, 2.24) is 15.1 Å². The first kappa shape index (κ1) is 26.2. The number of fused-ring (bicyclic) bond motifs is 1. The summed E-state index contributed by atoms with van der Waals surface area (Å²) in [5.41, 5.74) is 1.45. The van der Waals surface area contributed by atoms with Crippen molar-refractivity contribution in [2.45, 2.75) is 52.1 Å². The van der Waals surface area contributed by atoms with E-state index in [9.17, 15) is 9.59 Å². The van der Waals surface area contributed by atoms with E-state index in [0.717, 1.165) is 48.7 Å². The average molecular weight is 508 g/mol. The van der Waals surface area contributed by atoms with Crippen LogP contribution >= 0.6 is 11.3 Å². The number of carbonyl (C=O) groups is 2. The number of unbranched alkanes of at least 4 members (excludes halogenated alkanes) is 1. The second-order valence-corrected chi connectivity index (χ2v) is 10.9. The van der Waals surface area contributed by atoms with Crippen molar-refractivity contribution in [2.75, 3.05) is 26.2 Å². The summed E-state index contributed by atoms with van der Waals surface area (Å²) >= 11 is 1.61. The Morgan fingerprint density at radius 1 is 1.14 bits per heavy atom. The molecule has 0 unspecified atom stereocenters. The zero-order valence-electron chi connectivity index (χ0n) is 21.5. The molecule has 3 aromatic rings. The number of hydrogen-bond acceptors (Lipinski definition) is 5. The van der Waals surface area contributed by atoms with Crippen molar-refractivity contribution in [1.29, 1.82) is 0 Å². The van der Waals surface area contributed by atoms with Gasteiger partial charge in [-0.3, -0.25) is 14.5 Å². The minimum atomic E-state index is -0.453. The molecule has 2 aromatic heterocycles. The first-order valence-corrected chi connectivity index (χ1v) is 13.8. The van der Waals surface area contributed by atoms with Gasteiger partial charge in [-0.15, -0.1) is 11.3 Å². The van der Waals surface area contributed by atoms with Crippen molar-refractivity contribution in [3.8, 4) is 0 Å². The monoisotopic (exact) mass is 507 g/mol. The molecule has 7 heteroatoms. The Balaban J connectivity index is 1.55. The second kappa shape index (κ2) is 12.4. The summed E-state index contributed by atoms with van der Waals surface area (Å²) in [4.78, 5) is 32.7. The lowest BCUT2D eigenvalue weighted by Gasteiger charge is -2.42. The molecule has 0 saturated heterocycles. The largest absolute Gasteiger partial charge is 0.468 e. The highest BCUT2D eigenvalue weighted by atomic mass is 32.1. The number of nitrogens with zero attached hydrogens (tertiary/aromatic N) is 2. The number of nitrogens with one attached hydrogen (secondary N) is 1. The van der Waals surface area contributed by atoms with E-state index in [-0.39, 0.29) is 17.9 Å². The molecule has 6 nitrogen and oxygen atoms in total. The lowest BCUT2D eigenvalue weighted by atomic mass is 9.81. The Labute approximate surface area is 218 Å². The minimum absolute atomic E-state index is 0.00550. The van der Waals surface area contributed by atoms with Gasteiger partial charge >= 0.3 is 0 Å². The molecule has 4 rings (SSSR count).